The zero-order valence-electron chi connectivity index (χ0n) is 15.7. The fraction of sp³-hybridized carbons (Fsp3) is 0.174. The van der Waals surface area contributed by atoms with E-state index in [1.165, 1.54) is 0 Å². The smallest absolute Gasteiger partial charge is 0.221 e. The average molecular weight is 370 g/mol. The molecule has 28 heavy (non-hydrogen) atoms. The van der Waals surface area contributed by atoms with Crippen LogP contribution in [0.3, 0.4) is 0 Å². The van der Waals surface area contributed by atoms with Crippen LogP contribution in [0.1, 0.15) is 34.7 Å². The number of pyridine rings is 2. The predicted molar refractivity (Wildman–Crippen MR) is 109 cm³/mol. The van der Waals surface area contributed by atoms with Crippen molar-refractivity contribution in [2.45, 2.75) is 25.8 Å². The van der Waals surface area contributed by atoms with E-state index >= 15 is 0 Å². The van der Waals surface area contributed by atoms with Gasteiger partial charge < -0.3 is 9.72 Å². The quantitative estimate of drug-likeness (QED) is 0.560. The van der Waals surface area contributed by atoms with Crippen LogP contribution in [0.2, 0.25) is 0 Å². The minimum absolute atomic E-state index is 0.000286. The van der Waals surface area contributed by atoms with Gasteiger partial charge >= 0.3 is 0 Å². The Balaban J connectivity index is 1.61. The second-order valence-electron chi connectivity index (χ2n) is 6.87. The van der Waals surface area contributed by atoms with Crippen LogP contribution in [-0.2, 0) is 11.3 Å². The summed E-state index contributed by atoms with van der Waals surface area (Å²) < 4.78 is 2.08. The van der Waals surface area contributed by atoms with Crippen LogP contribution in [0.25, 0.3) is 5.65 Å². The Morgan fingerprint density at radius 3 is 2.71 bits per heavy atom. The van der Waals surface area contributed by atoms with Crippen LogP contribution < -0.4 is 5.32 Å². The van der Waals surface area contributed by atoms with Gasteiger partial charge in [-0.25, -0.2) is 4.98 Å². The molecule has 140 valence electrons. The lowest BCUT2D eigenvalue weighted by Gasteiger charge is -2.17. The molecule has 0 bridgehead atoms. The lowest BCUT2D eigenvalue weighted by Crippen LogP contribution is -2.25. The minimum Gasteiger partial charge on any atom is -0.352 e. The Kier molecular flexibility index (Phi) is 5.15. The Hall–Kier alpha value is -3.47. The number of benzene rings is 1. The maximum atomic E-state index is 12.7. The number of aromatic nitrogens is 3. The van der Waals surface area contributed by atoms with Gasteiger partial charge in [0, 0.05) is 43.7 Å². The Morgan fingerprint density at radius 1 is 1.07 bits per heavy atom. The van der Waals surface area contributed by atoms with E-state index in [0.29, 0.717) is 13.0 Å². The number of rotatable bonds is 6. The highest BCUT2D eigenvalue weighted by Crippen LogP contribution is 2.29. The summed E-state index contributed by atoms with van der Waals surface area (Å²) in [5, 5.41) is 3.01. The molecule has 0 radical (unpaired) electrons. The number of carbonyl (C=O) groups excluding carboxylic acids is 1. The number of nitrogens with one attached hydrogen (secondary N) is 1. The first-order chi connectivity index (χ1) is 13.7. The van der Waals surface area contributed by atoms with Gasteiger partial charge in [-0.05, 0) is 35.7 Å². The maximum absolute atomic E-state index is 12.7. The Morgan fingerprint density at radius 2 is 1.93 bits per heavy atom. The zero-order valence-corrected chi connectivity index (χ0v) is 15.7. The van der Waals surface area contributed by atoms with Crippen molar-refractivity contribution in [3.63, 3.8) is 0 Å². The number of nitrogens with zero attached hydrogens (tertiary/aromatic N) is 3. The van der Waals surface area contributed by atoms with Crippen molar-refractivity contribution in [3.05, 3.63) is 102 Å². The molecular formula is C23H22N4O. The van der Waals surface area contributed by atoms with E-state index in [9.17, 15) is 4.79 Å². The van der Waals surface area contributed by atoms with Gasteiger partial charge in [-0.2, -0.15) is 0 Å². The zero-order chi connectivity index (χ0) is 19.3. The molecule has 0 aliphatic heterocycles. The van der Waals surface area contributed by atoms with Gasteiger partial charge in [-0.3, -0.25) is 9.78 Å². The number of amides is 1. The van der Waals surface area contributed by atoms with Crippen molar-refractivity contribution in [2.24, 2.45) is 0 Å². The van der Waals surface area contributed by atoms with E-state index in [0.717, 1.165) is 28.0 Å². The minimum atomic E-state index is -0.0769. The molecule has 1 amide bonds. The monoisotopic (exact) mass is 370 g/mol. The largest absolute Gasteiger partial charge is 0.352 e. The molecule has 0 saturated heterocycles. The number of hydrogen-bond donors (Lipinski definition) is 1. The van der Waals surface area contributed by atoms with Crippen molar-refractivity contribution in [1.29, 1.82) is 0 Å². The number of hydrogen-bond acceptors (Lipinski definition) is 3. The maximum Gasteiger partial charge on any atom is 0.221 e. The molecule has 0 spiro atoms. The summed E-state index contributed by atoms with van der Waals surface area (Å²) in [6.45, 7) is 2.52. The standard InChI is InChI=1S/C23H22N4O/c1-17-7-6-12-27-21(16-26-23(17)27)20(19-9-3-2-4-10-19)13-22(28)25-15-18-8-5-11-24-14-18/h2-12,14,16,20H,13,15H2,1H3,(H,25,28)/t20-/m1/s1. The van der Waals surface area contributed by atoms with Crippen LogP contribution >= 0.6 is 0 Å². The molecule has 0 saturated carbocycles. The molecule has 3 aromatic heterocycles. The van der Waals surface area contributed by atoms with E-state index in [4.69, 9.17) is 0 Å². The lowest BCUT2D eigenvalue weighted by atomic mass is 9.92. The number of aryl methyl sites for hydroxylation is 1. The molecule has 5 heteroatoms. The molecule has 3 heterocycles. The van der Waals surface area contributed by atoms with E-state index in [1.54, 1.807) is 12.4 Å². The van der Waals surface area contributed by atoms with Crippen molar-refractivity contribution in [1.82, 2.24) is 19.7 Å². The lowest BCUT2D eigenvalue weighted by molar-refractivity contribution is -0.121. The van der Waals surface area contributed by atoms with E-state index in [1.807, 2.05) is 61.8 Å². The summed E-state index contributed by atoms with van der Waals surface area (Å²) in [7, 11) is 0. The third-order valence-corrected chi connectivity index (χ3v) is 4.92. The molecule has 5 nitrogen and oxygen atoms in total. The SMILES string of the molecule is Cc1cccn2c([C@H](CC(=O)NCc3cccnc3)c3ccccc3)cnc12. The van der Waals surface area contributed by atoms with Crippen LogP contribution in [0, 0.1) is 6.92 Å². The van der Waals surface area contributed by atoms with Gasteiger partial charge in [-0.15, -0.1) is 0 Å². The van der Waals surface area contributed by atoms with Crippen LogP contribution in [0.5, 0.6) is 0 Å². The molecule has 1 N–H and O–H groups in total. The highest BCUT2D eigenvalue weighted by atomic mass is 16.1. The van der Waals surface area contributed by atoms with Gasteiger partial charge in [0.1, 0.15) is 5.65 Å². The third-order valence-electron chi connectivity index (χ3n) is 4.92. The molecular weight excluding hydrogens is 348 g/mol. The van der Waals surface area contributed by atoms with E-state index in [-0.39, 0.29) is 11.8 Å². The average Bonchev–Trinajstić information content (AvgIpc) is 3.17. The van der Waals surface area contributed by atoms with Crippen molar-refractivity contribution in [2.75, 3.05) is 0 Å². The third kappa shape index (κ3) is 3.78. The second kappa shape index (κ2) is 8.05. The fourth-order valence-electron chi connectivity index (χ4n) is 3.47. The van der Waals surface area contributed by atoms with E-state index in [2.05, 4.69) is 31.8 Å². The Bertz CT molecular complexity index is 1070. The van der Waals surface area contributed by atoms with Gasteiger partial charge in [0.25, 0.3) is 0 Å². The van der Waals surface area contributed by atoms with Crippen molar-refractivity contribution >= 4 is 11.6 Å². The summed E-state index contributed by atoms with van der Waals surface area (Å²) >= 11 is 0. The van der Waals surface area contributed by atoms with Crippen molar-refractivity contribution < 1.29 is 4.79 Å². The van der Waals surface area contributed by atoms with Gasteiger partial charge in [0.15, 0.2) is 0 Å². The van der Waals surface area contributed by atoms with Gasteiger partial charge in [-0.1, -0.05) is 42.5 Å². The van der Waals surface area contributed by atoms with Crippen LogP contribution in [-0.4, -0.2) is 20.3 Å². The summed E-state index contributed by atoms with van der Waals surface area (Å²) in [6, 6.07) is 18.0. The molecule has 4 rings (SSSR count). The first-order valence-electron chi connectivity index (χ1n) is 9.35. The molecule has 0 aliphatic carbocycles. The molecule has 1 aromatic carbocycles. The predicted octanol–water partition coefficient (Wildman–Crippen LogP) is 3.88. The highest BCUT2D eigenvalue weighted by Gasteiger charge is 2.22. The topological polar surface area (TPSA) is 59.3 Å². The molecule has 4 aromatic rings. The Labute approximate surface area is 164 Å². The molecule has 1 atom stereocenters. The second-order valence-corrected chi connectivity index (χ2v) is 6.87. The highest BCUT2D eigenvalue weighted by molar-refractivity contribution is 5.77. The van der Waals surface area contributed by atoms with E-state index < -0.39 is 0 Å². The normalized spacial score (nSPS) is 12.0. The number of imidazole rings is 1. The van der Waals surface area contributed by atoms with Crippen LogP contribution in [0.4, 0.5) is 0 Å². The summed E-state index contributed by atoms with van der Waals surface area (Å²) in [6.07, 6.45) is 7.74. The van der Waals surface area contributed by atoms with Gasteiger partial charge in [0.2, 0.25) is 5.91 Å². The molecule has 0 fully saturated rings. The summed E-state index contributed by atoms with van der Waals surface area (Å²) in [4.78, 5) is 21.4. The number of carbonyl (C=O) groups is 1. The first-order valence-corrected chi connectivity index (χ1v) is 9.35. The summed E-state index contributed by atoms with van der Waals surface area (Å²) in [5.74, 6) is -0.0767. The summed E-state index contributed by atoms with van der Waals surface area (Å²) in [5.41, 5.74) is 5.14. The molecule has 0 unspecified atom stereocenters. The first kappa shape index (κ1) is 17.9. The fourth-order valence-corrected chi connectivity index (χ4v) is 3.47. The van der Waals surface area contributed by atoms with Crippen molar-refractivity contribution in [3.8, 4) is 0 Å². The van der Waals surface area contributed by atoms with Crippen LogP contribution in [0.15, 0.2) is 79.4 Å². The molecule has 0 aliphatic rings. The number of fused-ring (bicyclic) bond motifs is 1. The van der Waals surface area contributed by atoms with Gasteiger partial charge in [0.05, 0.1) is 5.69 Å².